The van der Waals surface area contributed by atoms with Crippen LogP contribution >= 0.6 is 0 Å². The van der Waals surface area contributed by atoms with Gasteiger partial charge in [0.2, 0.25) is 5.91 Å². The molecule has 0 radical (unpaired) electrons. The van der Waals surface area contributed by atoms with Crippen LogP contribution in [-0.2, 0) is 4.79 Å². The standard InChI is InChI=1S/C15H33N3O/c1-6-10-17-15(5,14(16)19)9-8-12-18(11-7-2)13(3)4/h13,17H,6-12H2,1-5H3,(H2,16,19). The number of hydrogen-bond donors (Lipinski definition) is 2. The monoisotopic (exact) mass is 271 g/mol. The first kappa shape index (κ1) is 18.4. The maximum atomic E-state index is 11.6. The summed E-state index contributed by atoms with van der Waals surface area (Å²) < 4.78 is 0. The van der Waals surface area contributed by atoms with Crippen molar-refractivity contribution >= 4 is 5.91 Å². The van der Waals surface area contributed by atoms with Gasteiger partial charge in [-0.1, -0.05) is 13.8 Å². The Hall–Kier alpha value is -0.610. The van der Waals surface area contributed by atoms with Crippen LogP contribution in [0.1, 0.15) is 60.3 Å². The van der Waals surface area contributed by atoms with Gasteiger partial charge in [-0.2, -0.15) is 0 Å². The number of nitrogens with two attached hydrogens (primary N) is 1. The summed E-state index contributed by atoms with van der Waals surface area (Å²) in [5.41, 5.74) is 4.97. The van der Waals surface area contributed by atoms with Crippen LogP contribution in [0.4, 0.5) is 0 Å². The zero-order chi connectivity index (χ0) is 14.9. The van der Waals surface area contributed by atoms with Gasteiger partial charge < -0.3 is 16.0 Å². The summed E-state index contributed by atoms with van der Waals surface area (Å²) in [6.07, 6.45) is 3.97. The molecule has 0 aliphatic carbocycles. The Morgan fingerprint density at radius 2 is 1.89 bits per heavy atom. The van der Waals surface area contributed by atoms with Crippen LogP contribution < -0.4 is 11.1 Å². The van der Waals surface area contributed by atoms with Crippen molar-refractivity contribution in [3.8, 4) is 0 Å². The first-order valence-corrected chi connectivity index (χ1v) is 7.66. The largest absolute Gasteiger partial charge is 0.368 e. The number of carbonyl (C=O) groups excluding carboxylic acids is 1. The molecule has 1 atom stereocenters. The van der Waals surface area contributed by atoms with Crippen LogP contribution in [0.25, 0.3) is 0 Å². The lowest BCUT2D eigenvalue weighted by Gasteiger charge is -2.30. The van der Waals surface area contributed by atoms with Crippen LogP contribution in [0.5, 0.6) is 0 Å². The molecular weight excluding hydrogens is 238 g/mol. The normalized spacial score (nSPS) is 14.9. The second-order valence-corrected chi connectivity index (χ2v) is 5.86. The summed E-state index contributed by atoms with van der Waals surface area (Å²) in [4.78, 5) is 14.1. The maximum Gasteiger partial charge on any atom is 0.237 e. The lowest BCUT2D eigenvalue weighted by Crippen LogP contribution is -2.53. The minimum Gasteiger partial charge on any atom is -0.368 e. The Labute approximate surface area is 119 Å². The van der Waals surface area contributed by atoms with Gasteiger partial charge in [-0.3, -0.25) is 4.79 Å². The Bertz CT molecular complexity index is 256. The molecule has 0 spiro atoms. The third kappa shape index (κ3) is 6.92. The first-order valence-electron chi connectivity index (χ1n) is 7.66. The molecule has 0 aromatic carbocycles. The minimum absolute atomic E-state index is 0.243. The summed E-state index contributed by atoms with van der Waals surface area (Å²) >= 11 is 0. The molecule has 0 bridgehead atoms. The smallest absolute Gasteiger partial charge is 0.237 e. The van der Waals surface area contributed by atoms with E-state index in [-0.39, 0.29) is 5.91 Å². The molecule has 0 heterocycles. The SMILES string of the molecule is CCCNC(C)(CCCN(CCC)C(C)C)C(N)=O. The number of amides is 1. The van der Waals surface area contributed by atoms with Crippen LogP contribution in [0.3, 0.4) is 0 Å². The summed E-state index contributed by atoms with van der Waals surface area (Å²) in [5.74, 6) is -0.243. The van der Waals surface area contributed by atoms with E-state index in [0.717, 1.165) is 38.9 Å². The van der Waals surface area contributed by atoms with Gasteiger partial charge in [0.15, 0.2) is 0 Å². The van der Waals surface area contributed by atoms with Crippen LogP contribution in [0.15, 0.2) is 0 Å². The summed E-state index contributed by atoms with van der Waals surface area (Å²) in [5, 5.41) is 3.29. The molecule has 114 valence electrons. The molecule has 4 nitrogen and oxygen atoms in total. The summed E-state index contributed by atoms with van der Waals surface area (Å²) in [7, 11) is 0. The predicted molar refractivity (Wildman–Crippen MR) is 82.1 cm³/mol. The number of nitrogens with one attached hydrogen (secondary N) is 1. The van der Waals surface area contributed by atoms with Crippen molar-refractivity contribution in [3.05, 3.63) is 0 Å². The zero-order valence-electron chi connectivity index (χ0n) is 13.5. The lowest BCUT2D eigenvalue weighted by atomic mass is 9.94. The van der Waals surface area contributed by atoms with Gasteiger partial charge in [0.1, 0.15) is 0 Å². The van der Waals surface area contributed by atoms with Crippen molar-refractivity contribution in [3.63, 3.8) is 0 Å². The van der Waals surface area contributed by atoms with Crippen LogP contribution in [-0.4, -0.2) is 42.0 Å². The Balaban J connectivity index is 4.28. The Morgan fingerprint density at radius 1 is 1.26 bits per heavy atom. The maximum absolute atomic E-state index is 11.6. The van der Waals surface area contributed by atoms with Gasteiger partial charge in [-0.15, -0.1) is 0 Å². The molecule has 3 N–H and O–H groups in total. The first-order chi connectivity index (χ1) is 8.87. The van der Waals surface area contributed by atoms with E-state index in [1.807, 2.05) is 6.92 Å². The van der Waals surface area contributed by atoms with Crippen molar-refractivity contribution in [1.82, 2.24) is 10.2 Å². The number of rotatable bonds is 11. The van der Waals surface area contributed by atoms with E-state index >= 15 is 0 Å². The fraction of sp³-hybridized carbons (Fsp3) is 0.933. The Kier molecular flexibility index (Phi) is 9.02. The molecule has 0 rings (SSSR count). The molecule has 0 aromatic rings. The quantitative estimate of drug-likeness (QED) is 0.605. The molecule has 0 saturated carbocycles. The predicted octanol–water partition coefficient (Wildman–Crippen LogP) is 2.13. The molecule has 0 aliphatic rings. The third-order valence-electron chi connectivity index (χ3n) is 3.67. The van der Waals surface area contributed by atoms with Gasteiger partial charge in [0.25, 0.3) is 0 Å². The van der Waals surface area contributed by atoms with Gasteiger partial charge in [0.05, 0.1) is 5.54 Å². The van der Waals surface area contributed by atoms with Crippen molar-refractivity contribution in [2.24, 2.45) is 5.73 Å². The molecule has 0 saturated heterocycles. The molecular formula is C15H33N3O. The van der Waals surface area contributed by atoms with Crippen molar-refractivity contribution in [1.29, 1.82) is 0 Å². The van der Waals surface area contributed by atoms with E-state index < -0.39 is 5.54 Å². The summed E-state index contributed by atoms with van der Waals surface area (Å²) in [6, 6.07) is 0.559. The van der Waals surface area contributed by atoms with Gasteiger partial charge in [-0.05, 0) is 66.1 Å². The number of primary amides is 1. The van der Waals surface area contributed by atoms with E-state index in [1.54, 1.807) is 0 Å². The summed E-state index contributed by atoms with van der Waals surface area (Å²) in [6.45, 7) is 13.6. The number of carbonyl (C=O) groups is 1. The molecule has 4 heteroatoms. The fourth-order valence-electron chi connectivity index (χ4n) is 2.25. The molecule has 0 fully saturated rings. The highest BCUT2D eigenvalue weighted by atomic mass is 16.1. The second-order valence-electron chi connectivity index (χ2n) is 5.86. The second kappa shape index (κ2) is 9.32. The van der Waals surface area contributed by atoms with E-state index in [2.05, 4.69) is 37.9 Å². The fourth-order valence-corrected chi connectivity index (χ4v) is 2.25. The topological polar surface area (TPSA) is 58.4 Å². The van der Waals surface area contributed by atoms with E-state index in [1.165, 1.54) is 6.42 Å². The van der Waals surface area contributed by atoms with Gasteiger partial charge in [-0.25, -0.2) is 0 Å². The highest BCUT2D eigenvalue weighted by Gasteiger charge is 2.29. The van der Waals surface area contributed by atoms with Gasteiger partial charge >= 0.3 is 0 Å². The number of hydrogen-bond acceptors (Lipinski definition) is 3. The molecule has 1 unspecified atom stereocenters. The third-order valence-corrected chi connectivity index (χ3v) is 3.67. The average Bonchev–Trinajstić information content (AvgIpc) is 2.34. The average molecular weight is 271 g/mol. The Morgan fingerprint density at radius 3 is 2.32 bits per heavy atom. The molecule has 19 heavy (non-hydrogen) atoms. The van der Waals surface area contributed by atoms with Crippen LogP contribution in [0, 0.1) is 0 Å². The molecule has 0 aliphatic heterocycles. The lowest BCUT2D eigenvalue weighted by molar-refractivity contribution is -0.124. The number of nitrogens with zero attached hydrogens (tertiary/aromatic N) is 1. The molecule has 1 amide bonds. The van der Waals surface area contributed by atoms with E-state index in [0.29, 0.717) is 6.04 Å². The van der Waals surface area contributed by atoms with Crippen LogP contribution in [0.2, 0.25) is 0 Å². The zero-order valence-corrected chi connectivity index (χ0v) is 13.5. The van der Waals surface area contributed by atoms with Crippen molar-refractivity contribution < 1.29 is 4.79 Å². The van der Waals surface area contributed by atoms with Crippen molar-refractivity contribution in [2.75, 3.05) is 19.6 Å². The van der Waals surface area contributed by atoms with E-state index in [4.69, 9.17) is 5.73 Å². The van der Waals surface area contributed by atoms with E-state index in [9.17, 15) is 4.79 Å². The minimum atomic E-state index is -0.565. The highest BCUT2D eigenvalue weighted by molar-refractivity contribution is 5.84. The molecule has 0 aromatic heterocycles. The highest BCUT2D eigenvalue weighted by Crippen LogP contribution is 2.13. The van der Waals surface area contributed by atoms with Crippen molar-refractivity contribution in [2.45, 2.75) is 71.9 Å². The van der Waals surface area contributed by atoms with Gasteiger partial charge in [0, 0.05) is 6.04 Å².